The molecule has 0 saturated heterocycles. The van der Waals surface area contributed by atoms with Crippen LogP contribution in [-0.2, 0) is 6.54 Å². The summed E-state index contributed by atoms with van der Waals surface area (Å²) in [7, 11) is 2.66. The number of benzene rings is 1. The van der Waals surface area contributed by atoms with Crippen molar-refractivity contribution in [2.45, 2.75) is 28.0 Å². The van der Waals surface area contributed by atoms with Crippen LogP contribution in [-0.4, -0.2) is 0 Å². The number of hydrogen-bond acceptors (Lipinski definition) is 4. The van der Waals surface area contributed by atoms with Gasteiger partial charge in [-0.15, -0.1) is 22.7 Å². The zero-order valence-electron chi connectivity index (χ0n) is 8.55. The Morgan fingerprint density at radius 1 is 1.06 bits per heavy atom. The van der Waals surface area contributed by atoms with E-state index in [1.54, 1.807) is 34.5 Å². The van der Waals surface area contributed by atoms with Gasteiger partial charge in [0.25, 0.3) is 0 Å². The van der Waals surface area contributed by atoms with Crippen molar-refractivity contribution in [1.82, 2.24) is 0 Å². The largest absolute Gasteiger partial charge is 0.326 e. The van der Waals surface area contributed by atoms with Crippen molar-refractivity contribution in [2.24, 2.45) is 5.73 Å². The Balaban J connectivity index is 0.00000144. The van der Waals surface area contributed by atoms with E-state index < -0.39 is 0 Å². The molecule has 5 heteroatoms. The average molecular weight is 301 g/mol. The van der Waals surface area contributed by atoms with E-state index in [0.29, 0.717) is 6.54 Å². The fourth-order valence-corrected chi connectivity index (χ4v) is 4.02. The number of thiophene rings is 1. The predicted molar refractivity (Wildman–Crippen MR) is 85.1 cm³/mol. The van der Waals surface area contributed by atoms with Crippen molar-refractivity contribution in [3.05, 3.63) is 41.3 Å². The van der Waals surface area contributed by atoms with Crippen molar-refractivity contribution in [2.75, 3.05) is 0 Å². The Kier molecular flexibility index (Phi) is 6.60. The zero-order valence-corrected chi connectivity index (χ0v) is 12.2. The quantitative estimate of drug-likeness (QED) is 0.815. The molecular weight excluding hydrogens is 285 g/mol. The minimum Gasteiger partial charge on any atom is -0.326 e. The molecule has 2 N–H and O–H groups in total. The first kappa shape index (κ1) is 15.1. The Morgan fingerprint density at radius 2 is 1.71 bits per heavy atom. The summed E-state index contributed by atoms with van der Waals surface area (Å²) in [5.41, 5.74) is 5.59. The summed E-state index contributed by atoms with van der Waals surface area (Å²) >= 11 is 5.24. The summed E-state index contributed by atoms with van der Waals surface area (Å²) in [4.78, 5) is 3.77. The second kappa shape index (κ2) is 7.45. The second-order valence-corrected chi connectivity index (χ2v) is 7.07. The minimum atomic E-state index is 0. The summed E-state index contributed by atoms with van der Waals surface area (Å²) in [6, 6.07) is 12.8. The standard InChI is InChI=1S/C11H12NPS3.CH4/c12-7-10-5-6-11(15-10)14-8-1-3-9(16-13)4-2-8;/h1-6H,7,12-13H2;1H4. The van der Waals surface area contributed by atoms with Crippen LogP contribution in [0.3, 0.4) is 0 Å². The predicted octanol–water partition coefficient (Wildman–Crippen LogP) is 4.88. The molecule has 1 atom stereocenters. The molecule has 0 aliphatic rings. The molecule has 1 aromatic carbocycles. The maximum absolute atomic E-state index is 5.59. The van der Waals surface area contributed by atoms with Crippen molar-refractivity contribution in [1.29, 1.82) is 0 Å². The Labute approximate surface area is 118 Å². The number of rotatable bonds is 4. The Morgan fingerprint density at radius 3 is 2.24 bits per heavy atom. The van der Waals surface area contributed by atoms with Crippen LogP contribution in [0.4, 0.5) is 0 Å². The molecule has 1 nitrogen and oxygen atoms in total. The summed E-state index contributed by atoms with van der Waals surface area (Å²) in [6.45, 7) is 0.633. The van der Waals surface area contributed by atoms with E-state index in [2.05, 4.69) is 44.8 Å². The van der Waals surface area contributed by atoms with Gasteiger partial charge in [-0.2, -0.15) is 0 Å². The van der Waals surface area contributed by atoms with Gasteiger partial charge < -0.3 is 5.73 Å². The molecule has 0 fully saturated rings. The van der Waals surface area contributed by atoms with Gasteiger partial charge in [-0.05, 0) is 36.4 Å². The number of hydrogen-bond donors (Lipinski definition) is 1. The first-order chi connectivity index (χ1) is 7.81. The lowest BCUT2D eigenvalue weighted by atomic mass is 10.4. The van der Waals surface area contributed by atoms with E-state index in [9.17, 15) is 0 Å². The molecule has 0 amide bonds. The maximum Gasteiger partial charge on any atom is 0.0649 e. The molecule has 92 valence electrons. The smallest absolute Gasteiger partial charge is 0.0649 e. The third-order valence-corrected chi connectivity index (χ3v) is 5.62. The molecule has 1 unspecified atom stereocenters. The van der Waals surface area contributed by atoms with Crippen molar-refractivity contribution >= 4 is 42.9 Å². The van der Waals surface area contributed by atoms with Gasteiger partial charge in [0.2, 0.25) is 0 Å². The van der Waals surface area contributed by atoms with E-state index in [1.165, 1.54) is 18.9 Å². The number of nitrogens with two attached hydrogens (primary N) is 1. The Bertz CT molecular complexity index is 453. The summed E-state index contributed by atoms with van der Waals surface area (Å²) in [5, 5.41) is 0. The van der Waals surface area contributed by atoms with Gasteiger partial charge in [-0.1, -0.05) is 27.6 Å². The zero-order chi connectivity index (χ0) is 11.4. The monoisotopic (exact) mass is 301 g/mol. The van der Waals surface area contributed by atoms with Gasteiger partial charge in [-0.3, -0.25) is 0 Å². The Hall–Kier alpha value is 0.01000. The van der Waals surface area contributed by atoms with Crippen LogP contribution in [0.1, 0.15) is 12.3 Å². The molecular formula is C12H16NPS3. The fourth-order valence-electron chi connectivity index (χ4n) is 1.23. The van der Waals surface area contributed by atoms with E-state index in [4.69, 9.17) is 5.73 Å². The van der Waals surface area contributed by atoms with E-state index in [0.717, 1.165) is 0 Å². The van der Waals surface area contributed by atoms with E-state index in [1.807, 2.05) is 0 Å². The summed E-state index contributed by atoms with van der Waals surface area (Å²) in [5.74, 6) is 0. The van der Waals surface area contributed by atoms with Crippen LogP contribution in [0.2, 0.25) is 0 Å². The van der Waals surface area contributed by atoms with Gasteiger partial charge >= 0.3 is 0 Å². The minimum absolute atomic E-state index is 0. The average Bonchev–Trinajstić information content (AvgIpc) is 2.78. The molecule has 0 radical (unpaired) electrons. The highest BCUT2D eigenvalue weighted by Gasteiger charge is 2.01. The van der Waals surface area contributed by atoms with Gasteiger partial charge in [0.05, 0.1) is 4.21 Å². The lowest BCUT2D eigenvalue weighted by molar-refractivity contribution is 1.11. The third-order valence-electron chi connectivity index (χ3n) is 2.02. The third kappa shape index (κ3) is 4.31. The van der Waals surface area contributed by atoms with Crippen molar-refractivity contribution in [3.8, 4) is 0 Å². The topological polar surface area (TPSA) is 26.0 Å². The van der Waals surface area contributed by atoms with Gasteiger partial charge in [-0.25, -0.2) is 0 Å². The van der Waals surface area contributed by atoms with Crippen LogP contribution < -0.4 is 5.73 Å². The highest BCUT2D eigenvalue weighted by molar-refractivity contribution is 8.43. The molecule has 0 aliphatic carbocycles. The molecule has 0 spiro atoms. The highest BCUT2D eigenvalue weighted by atomic mass is 32.7. The lowest BCUT2D eigenvalue weighted by Gasteiger charge is -1.99. The van der Waals surface area contributed by atoms with E-state index in [-0.39, 0.29) is 7.43 Å². The van der Waals surface area contributed by atoms with Crippen molar-refractivity contribution < 1.29 is 0 Å². The van der Waals surface area contributed by atoms with Crippen molar-refractivity contribution in [3.63, 3.8) is 0 Å². The summed E-state index contributed by atoms with van der Waals surface area (Å²) in [6.07, 6.45) is 0. The van der Waals surface area contributed by atoms with Crippen LogP contribution in [0.25, 0.3) is 0 Å². The fraction of sp³-hybridized carbons (Fsp3) is 0.167. The van der Waals surface area contributed by atoms with Gasteiger partial charge in [0.1, 0.15) is 0 Å². The summed E-state index contributed by atoms with van der Waals surface area (Å²) < 4.78 is 1.30. The normalized spacial score (nSPS) is 10.0. The van der Waals surface area contributed by atoms with Crippen LogP contribution in [0, 0.1) is 0 Å². The van der Waals surface area contributed by atoms with Gasteiger partial charge in [0, 0.05) is 21.2 Å². The molecule has 17 heavy (non-hydrogen) atoms. The molecule has 1 heterocycles. The van der Waals surface area contributed by atoms with Crippen LogP contribution in [0.5, 0.6) is 0 Å². The molecule has 2 aromatic rings. The molecule has 0 aliphatic heterocycles. The molecule has 0 bridgehead atoms. The van der Waals surface area contributed by atoms with E-state index >= 15 is 0 Å². The first-order valence-corrected chi connectivity index (χ1v) is 8.68. The second-order valence-electron chi connectivity index (χ2n) is 3.12. The van der Waals surface area contributed by atoms with Crippen LogP contribution >= 0.6 is 42.9 Å². The van der Waals surface area contributed by atoms with Crippen LogP contribution in [0.15, 0.2) is 50.4 Å². The molecule has 2 rings (SSSR count). The SMILES string of the molecule is C.NCc1ccc(Sc2ccc(SP)cc2)s1. The molecule has 1 aromatic heterocycles. The molecule has 0 saturated carbocycles. The van der Waals surface area contributed by atoms with Gasteiger partial charge in [0.15, 0.2) is 0 Å². The highest BCUT2D eigenvalue weighted by Crippen LogP contribution is 2.34. The first-order valence-electron chi connectivity index (χ1n) is 4.75. The maximum atomic E-state index is 5.59. The lowest BCUT2D eigenvalue weighted by Crippen LogP contribution is -1.90.